The number of methoxy groups -OCH3 is 2. The number of hydrogen-bond acceptors (Lipinski definition) is 5. The van der Waals surface area contributed by atoms with E-state index in [1.807, 2.05) is 30.3 Å². The van der Waals surface area contributed by atoms with E-state index in [1.165, 1.54) is 24.1 Å². The molecule has 32 heavy (non-hydrogen) atoms. The fraction of sp³-hybridized carbons (Fsp3) is 0.375. The zero-order valence-corrected chi connectivity index (χ0v) is 18.6. The van der Waals surface area contributed by atoms with E-state index in [9.17, 15) is 4.79 Å². The first kappa shape index (κ1) is 21.7. The number of hydrogen-bond donors (Lipinski definition) is 2. The van der Waals surface area contributed by atoms with Gasteiger partial charge in [0.1, 0.15) is 0 Å². The number of rotatable bonds is 8. The van der Waals surface area contributed by atoms with Crippen LogP contribution in [-0.2, 0) is 25.9 Å². The molecule has 2 heterocycles. The number of carbonyl (C=O) groups excluding carboxylic acids is 1. The molecule has 8 nitrogen and oxygen atoms in total. The summed E-state index contributed by atoms with van der Waals surface area (Å²) in [5.41, 5.74) is 5.69. The summed E-state index contributed by atoms with van der Waals surface area (Å²) in [5, 5.41) is 10.7. The summed E-state index contributed by atoms with van der Waals surface area (Å²) in [6, 6.07) is 9.38. The number of carbonyl (C=O) groups is 1. The standard InChI is InChI=1S/C24H29N5O3/c1-31-21-8-7-17(15-22(21)32-2)16-27-24(30)26-13-14-29-20-6-4-3-5-19(20)23(28-29)18-9-11-25-12-10-18/h7-12,15H,3-6,13-14,16H2,1-2H3,(H2,26,27,30). The Morgan fingerprint density at radius 2 is 1.81 bits per heavy atom. The Morgan fingerprint density at radius 3 is 2.59 bits per heavy atom. The van der Waals surface area contributed by atoms with Crippen LogP contribution in [0.3, 0.4) is 0 Å². The Kier molecular flexibility index (Phi) is 6.89. The summed E-state index contributed by atoms with van der Waals surface area (Å²) in [4.78, 5) is 16.4. The molecule has 3 aromatic rings. The van der Waals surface area contributed by atoms with Crippen molar-refractivity contribution in [3.63, 3.8) is 0 Å². The van der Waals surface area contributed by atoms with Gasteiger partial charge in [0.25, 0.3) is 0 Å². The second-order valence-corrected chi connectivity index (χ2v) is 7.74. The lowest BCUT2D eigenvalue weighted by molar-refractivity contribution is 0.240. The number of ether oxygens (including phenoxy) is 2. The molecule has 0 unspecified atom stereocenters. The quantitative estimate of drug-likeness (QED) is 0.566. The van der Waals surface area contributed by atoms with Crippen molar-refractivity contribution in [1.82, 2.24) is 25.4 Å². The van der Waals surface area contributed by atoms with Crippen LogP contribution >= 0.6 is 0 Å². The average molecular weight is 436 g/mol. The third-order valence-electron chi connectivity index (χ3n) is 5.72. The first-order chi connectivity index (χ1) is 15.7. The molecule has 0 spiro atoms. The van der Waals surface area contributed by atoms with Gasteiger partial charge in [0.15, 0.2) is 11.5 Å². The molecule has 4 rings (SSSR count). The monoisotopic (exact) mass is 435 g/mol. The summed E-state index contributed by atoms with van der Waals surface area (Å²) in [6.07, 6.45) is 8.04. The molecular formula is C24H29N5O3. The van der Waals surface area contributed by atoms with E-state index in [-0.39, 0.29) is 6.03 Å². The molecule has 1 aliphatic rings. The summed E-state index contributed by atoms with van der Waals surface area (Å²) < 4.78 is 12.6. The topological polar surface area (TPSA) is 90.3 Å². The smallest absolute Gasteiger partial charge is 0.315 e. The van der Waals surface area contributed by atoms with Crippen molar-refractivity contribution in [2.24, 2.45) is 0 Å². The van der Waals surface area contributed by atoms with Crippen molar-refractivity contribution < 1.29 is 14.3 Å². The van der Waals surface area contributed by atoms with Crippen LogP contribution in [0.1, 0.15) is 29.7 Å². The minimum absolute atomic E-state index is 0.213. The summed E-state index contributed by atoms with van der Waals surface area (Å²) in [5.74, 6) is 1.30. The second kappa shape index (κ2) is 10.2. The molecule has 168 valence electrons. The molecule has 1 aromatic carbocycles. The highest BCUT2D eigenvalue weighted by molar-refractivity contribution is 5.73. The Hall–Kier alpha value is -3.55. The van der Waals surface area contributed by atoms with Crippen molar-refractivity contribution in [2.45, 2.75) is 38.8 Å². The van der Waals surface area contributed by atoms with Crippen molar-refractivity contribution in [3.8, 4) is 22.8 Å². The van der Waals surface area contributed by atoms with Crippen molar-refractivity contribution >= 4 is 6.03 Å². The van der Waals surface area contributed by atoms with Crippen LogP contribution in [0.5, 0.6) is 11.5 Å². The molecule has 0 atom stereocenters. The largest absolute Gasteiger partial charge is 0.493 e. The van der Waals surface area contributed by atoms with Crippen LogP contribution in [0, 0.1) is 0 Å². The fourth-order valence-electron chi connectivity index (χ4n) is 4.11. The van der Waals surface area contributed by atoms with Crippen LogP contribution in [0.2, 0.25) is 0 Å². The molecule has 0 bridgehead atoms. The highest BCUT2D eigenvalue weighted by Crippen LogP contribution is 2.31. The zero-order valence-electron chi connectivity index (χ0n) is 18.6. The van der Waals surface area contributed by atoms with Gasteiger partial charge in [0, 0.05) is 42.3 Å². The Balaban J connectivity index is 1.33. The summed E-state index contributed by atoms with van der Waals surface area (Å²) in [7, 11) is 3.19. The highest BCUT2D eigenvalue weighted by atomic mass is 16.5. The normalized spacial score (nSPS) is 12.7. The molecule has 2 amide bonds. The van der Waals surface area contributed by atoms with Gasteiger partial charge in [0.2, 0.25) is 0 Å². The number of benzene rings is 1. The third-order valence-corrected chi connectivity index (χ3v) is 5.72. The lowest BCUT2D eigenvalue weighted by Crippen LogP contribution is -2.37. The maximum atomic E-state index is 12.3. The Bertz CT molecular complexity index is 1060. The minimum Gasteiger partial charge on any atom is -0.493 e. The second-order valence-electron chi connectivity index (χ2n) is 7.74. The number of amides is 2. The molecule has 2 N–H and O–H groups in total. The van der Waals surface area contributed by atoms with Crippen molar-refractivity contribution in [3.05, 3.63) is 59.5 Å². The van der Waals surface area contributed by atoms with Crippen LogP contribution < -0.4 is 20.1 Å². The summed E-state index contributed by atoms with van der Waals surface area (Å²) in [6.45, 7) is 1.54. The van der Waals surface area contributed by atoms with E-state index < -0.39 is 0 Å². The van der Waals surface area contributed by atoms with E-state index in [2.05, 4.69) is 20.3 Å². The lowest BCUT2D eigenvalue weighted by Gasteiger charge is -2.15. The number of urea groups is 1. The third kappa shape index (κ3) is 4.85. The maximum Gasteiger partial charge on any atom is 0.315 e. The van der Waals surface area contributed by atoms with E-state index in [4.69, 9.17) is 14.6 Å². The predicted octanol–water partition coefficient (Wildman–Crippen LogP) is 3.34. The minimum atomic E-state index is -0.213. The zero-order chi connectivity index (χ0) is 22.3. The maximum absolute atomic E-state index is 12.3. The van der Waals surface area contributed by atoms with Crippen molar-refractivity contribution in [1.29, 1.82) is 0 Å². The lowest BCUT2D eigenvalue weighted by atomic mass is 9.94. The van der Waals surface area contributed by atoms with Gasteiger partial charge < -0.3 is 20.1 Å². The summed E-state index contributed by atoms with van der Waals surface area (Å²) >= 11 is 0. The van der Waals surface area contributed by atoms with E-state index >= 15 is 0 Å². The van der Waals surface area contributed by atoms with Gasteiger partial charge in [-0.05, 0) is 55.5 Å². The van der Waals surface area contributed by atoms with Gasteiger partial charge in [-0.25, -0.2) is 4.79 Å². The molecule has 1 aliphatic carbocycles. The first-order valence-electron chi connectivity index (χ1n) is 10.9. The molecular weight excluding hydrogens is 406 g/mol. The van der Waals surface area contributed by atoms with Gasteiger partial charge in [0.05, 0.1) is 26.5 Å². The molecule has 0 radical (unpaired) electrons. The van der Waals surface area contributed by atoms with Crippen molar-refractivity contribution in [2.75, 3.05) is 20.8 Å². The van der Waals surface area contributed by atoms with Crippen LogP contribution in [0.25, 0.3) is 11.3 Å². The Morgan fingerprint density at radius 1 is 1.03 bits per heavy atom. The highest BCUT2D eigenvalue weighted by Gasteiger charge is 2.21. The Labute approximate surface area is 188 Å². The van der Waals surface area contributed by atoms with Gasteiger partial charge >= 0.3 is 6.03 Å². The first-order valence-corrected chi connectivity index (χ1v) is 10.9. The van der Waals surface area contributed by atoms with E-state index in [1.54, 1.807) is 26.6 Å². The molecule has 8 heteroatoms. The molecule has 2 aromatic heterocycles. The van der Waals surface area contributed by atoms with Gasteiger partial charge in [-0.15, -0.1) is 0 Å². The fourth-order valence-corrected chi connectivity index (χ4v) is 4.11. The number of fused-ring (bicyclic) bond motifs is 1. The number of nitrogens with one attached hydrogen (secondary N) is 2. The molecule has 0 saturated carbocycles. The van der Waals surface area contributed by atoms with Gasteiger partial charge in [-0.2, -0.15) is 5.10 Å². The van der Waals surface area contributed by atoms with Crippen LogP contribution in [0.4, 0.5) is 4.79 Å². The molecule has 0 aliphatic heterocycles. The average Bonchev–Trinajstić information content (AvgIpc) is 3.22. The van der Waals surface area contributed by atoms with E-state index in [0.29, 0.717) is 31.1 Å². The van der Waals surface area contributed by atoms with Crippen LogP contribution in [0.15, 0.2) is 42.7 Å². The van der Waals surface area contributed by atoms with Gasteiger partial charge in [-0.3, -0.25) is 9.67 Å². The van der Waals surface area contributed by atoms with E-state index in [0.717, 1.165) is 29.7 Å². The predicted molar refractivity (Wildman–Crippen MR) is 122 cm³/mol. The number of nitrogens with zero attached hydrogens (tertiary/aromatic N) is 3. The molecule has 0 saturated heterocycles. The number of pyridine rings is 1. The van der Waals surface area contributed by atoms with Gasteiger partial charge in [-0.1, -0.05) is 6.07 Å². The van der Waals surface area contributed by atoms with Crippen LogP contribution in [-0.4, -0.2) is 41.6 Å². The molecule has 0 fully saturated rings. The number of aromatic nitrogens is 3. The SMILES string of the molecule is COc1ccc(CNC(=O)NCCn2nc(-c3ccncc3)c3c2CCCC3)cc1OC.